The molecule has 0 N–H and O–H groups in total. The van der Waals surface area contributed by atoms with Gasteiger partial charge < -0.3 is 4.74 Å². The van der Waals surface area contributed by atoms with Gasteiger partial charge in [-0.25, -0.2) is 0 Å². The van der Waals surface area contributed by atoms with Gasteiger partial charge in [-0.2, -0.15) is 0 Å². The van der Waals surface area contributed by atoms with Gasteiger partial charge in [0.15, 0.2) is 5.78 Å². The zero-order valence-electron chi connectivity index (χ0n) is 12.2. The highest BCUT2D eigenvalue weighted by molar-refractivity contribution is 6.06. The van der Waals surface area contributed by atoms with Crippen molar-refractivity contribution in [1.82, 2.24) is 0 Å². The predicted molar refractivity (Wildman–Crippen MR) is 75.2 cm³/mol. The average molecular weight is 272 g/mol. The fraction of sp³-hybridized carbons (Fsp3) is 0.529. The number of para-hydroxylation sites is 1. The van der Waals surface area contributed by atoms with Crippen molar-refractivity contribution in [3.8, 4) is 5.75 Å². The van der Waals surface area contributed by atoms with Crippen molar-refractivity contribution < 1.29 is 14.3 Å². The number of carbonyl (C=O) groups is 2. The first-order valence-corrected chi connectivity index (χ1v) is 7.19. The van der Waals surface area contributed by atoms with E-state index in [2.05, 4.69) is 13.8 Å². The van der Waals surface area contributed by atoms with Crippen LogP contribution in [0.1, 0.15) is 33.6 Å². The van der Waals surface area contributed by atoms with Gasteiger partial charge in [0.1, 0.15) is 11.7 Å². The molecule has 2 fully saturated rings. The van der Waals surface area contributed by atoms with Gasteiger partial charge in [-0.1, -0.05) is 39.0 Å². The van der Waals surface area contributed by atoms with Gasteiger partial charge in [-0.3, -0.25) is 9.59 Å². The molecule has 2 saturated carbocycles. The van der Waals surface area contributed by atoms with Crippen LogP contribution in [0.15, 0.2) is 30.3 Å². The minimum absolute atomic E-state index is 0.0691. The summed E-state index contributed by atoms with van der Waals surface area (Å²) in [6.45, 7) is 6.22. The number of carbonyl (C=O) groups excluding carboxylic acids is 2. The Labute approximate surface area is 119 Å². The van der Waals surface area contributed by atoms with Crippen molar-refractivity contribution in [2.75, 3.05) is 0 Å². The standard InChI is InChI=1S/C17H20O3/c1-16(2)12-9-10-17(16,3)14(18)13(12)15(19)20-11-7-5-4-6-8-11/h4-8,12-13H,9-10H2,1-3H3/t12-,13+,17+/m0/s1. The second kappa shape index (κ2) is 4.18. The fourth-order valence-corrected chi connectivity index (χ4v) is 4.03. The van der Waals surface area contributed by atoms with E-state index in [1.165, 1.54) is 0 Å². The van der Waals surface area contributed by atoms with E-state index in [9.17, 15) is 9.59 Å². The maximum absolute atomic E-state index is 12.6. The molecule has 3 heteroatoms. The van der Waals surface area contributed by atoms with Crippen LogP contribution in [0, 0.1) is 22.7 Å². The maximum atomic E-state index is 12.6. The number of esters is 1. The van der Waals surface area contributed by atoms with E-state index in [4.69, 9.17) is 4.74 Å². The van der Waals surface area contributed by atoms with Crippen LogP contribution in [0.25, 0.3) is 0 Å². The lowest BCUT2D eigenvalue weighted by Gasteiger charge is -2.32. The molecule has 20 heavy (non-hydrogen) atoms. The van der Waals surface area contributed by atoms with Gasteiger partial charge in [0.25, 0.3) is 0 Å². The molecule has 106 valence electrons. The lowest BCUT2D eigenvalue weighted by atomic mass is 9.70. The number of hydrogen-bond donors (Lipinski definition) is 0. The minimum Gasteiger partial charge on any atom is -0.426 e. The quantitative estimate of drug-likeness (QED) is 0.471. The van der Waals surface area contributed by atoms with Gasteiger partial charge in [-0.15, -0.1) is 0 Å². The molecule has 0 aliphatic heterocycles. The molecule has 0 heterocycles. The van der Waals surface area contributed by atoms with E-state index < -0.39 is 5.92 Å². The smallest absolute Gasteiger partial charge is 0.322 e. The van der Waals surface area contributed by atoms with Crippen LogP contribution in [-0.2, 0) is 9.59 Å². The Hall–Kier alpha value is -1.64. The average Bonchev–Trinajstić information content (AvgIpc) is 2.72. The van der Waals surface area contributed by atoms with Gasteiger partial charge in [-0.05, 0) is 36.3 Å². The molecule has 0 saturated heterocycles. The summed E-state index contributed by atoms with van der Waals surface area (Å²) in [7, 11) is 0. The third kappa shape index (κ3) is 1.58. The van der Waals surface area contributed by atoms with Crippen LogP contribution in [0.5, 0.6) is 5.75 Å². The Morgan fingerprint density at radius 2 is 1.85 bits per heavy atom. The fourth-order valence-electron chi connectivity index (χ4n) is 4.03. The molecule has 1 aromatic carbocycles. The van der Waals surface area contributed by atoms with E-state index in [0.717, 1.165) is 12.8 Å². The van der Waals surface area contributed by atoms with Crippen LogP contribution in [0.2, 0.25) is 0 Å². The van der Waals surface area contributed by atoms with Crippen LogP contribution in [-0.4, -0.2) is 11.8 Å². The first kappa shape index (κ1) is 13.3. The maximum Gasteiger partial charge on any atom is 0.322 e. The van der Waals surface area contributed by atoms with Crippen LogP contribution in [0.3, 0.4) is 0 Å². The summed E-state index contributed by atoms with van der Waals surface area (Å²) in [4.78, 5) is 25.0. The number of ether oxygens (including phenoxy) is 1. The summed E-state index contributed by atoms with van der Waals surface area (Å²) in [6, 6.07) is 8.97. The van der Waals surface area contributed by atoms with Crippen molar-refractivity contribution in [2.24, 2.45) is 22.7 Å². The minimum atomic E-state index is -0.594. The van der Waals surface area contributed by atoms with Crippen molar-refractivity contribution in [3.63, 3.8) is 0 Å². The Balaban J connectivity index is 1.86. The van der Waals surface area contributed by atoms with Crippen molar-refractivity contribution in [2.45, 2.75) is 33.6 Å². The molecule has 3 rings (SSSR count). The van der Waals surface area contributed by atoms with E-state index in [-0.39, 0.29) is 28.5 Å². The lowest BCUT2D eigenvalue weighted by molar-refractivity contribution is -0.147. The Bertz CT molecular complexity index is 561. The zero-order valence-corrected chi connectivity index (χ0v) is 12.2. The highest BCUT2D eigenvalue weighted by Crippen LogP contribution is 2.65. The lowest BCUT2D eigenvalue weighted by Crippen LogP contribution is -2.37. The number of benzene rings is 1. The second-order valence-corrected chi connectivity index (χ2v) is 6.78. The molecule has 1 aromatic rings. The molecular formula is C17H20O3. The third-order valence-corrected chi connectivity index (χ3v) is 5.75. The van der Waals surface area contributed by atoms with Crippen molar-refractivity contribution in [1.29, 1.82) is 0 Å². The highest BCUT2D eigenvalue weighted by atomic mass is 16.5. The first-order chi connectivity index (χ1) is 9.38. The molecule has 3 atom stereocenters. The molecule has 0 spiro atoms. The monoisotopic (exact) mass is 272 g/mol. The number of Topliss-reactive ketones (excluding diaryl/α,β-unsaturated/α-hetero) is 1. The van der Waals surface area contributed by atoms with Crippen LogP contribution in [0.4, 0.5) is 0 Å². The summed E-state index contributed by atoms with van der Waals surface area (Å²) in [5.41, 5.74) is -0.498. The summed E-state index contributed by atoms with van der Waals surface area (Å²) in [5.74, 6) is -0.293. The molecular weight excluding hydrogens is 252 g/mol. The SMILES string of the molecule is CC1(C)[C@H]2CC[C@]1(C)C(=O)[C@@H]2C(=O)Oc1ccccc1. The first-order valence-electron chi connectivity index (χ1n) is 7.19. The van der Waals surface area contributed by atoms with E-state index in [0.29, 0.717) is 5.75 Å². The van der Waals surface area contributed by atoms with E-state index >= 15 is 0 Å². The largest absolute Gasteiger partial charge is 0.426 e. The topological polar surface area (TPSA) is 43.4 Å². The molecule has 2 aliphatic rings. The molecule has 0 radical (unpaired) electrons. The molecule has 3 nitrogen and oxygen atoms in total. The summed E-state index contributed by atoms with van der Waals surface area (Å²) >= 11 is 0. The molecule has 0 unspecified atom stereocenters. The second-order valence-electron chi connectivity index (χ2n) is 6.78. The van der Waals surface area contributed by atoms with Gasteiger partial charge in [0.05, 0.1) is 0 Å². The predicted octanol–water partition coefficient (Wildman–Crippen LogP) is 3.23. The Morgan fingerprint density at radius 1 is 1.20 bits per heavy atom. The van der Waals surface area contributed by atoms with E-state index in [1.807, 2.05) is 25.1 Å². The van der Waals surface area contributed by atoms with Crippen LogP contribution < -0.4 is 4.74 Å². The number of hydrogen-bond acceptors (Lipinski definition) is 3. The zero-order chi connectivity index (χ0) is 14.5. The molecule has 2 aliphatic carbocycles. The number of fused-ring (bicyclic) bond motifs is 2. The Kier molecular flexibility index (Phi) is 2.79. The number of ketones is 1. The summed E-state index contributed by atoms with van der Waals surface area (Å²) in [5, 5.41) is 0. The van der Waals surface area contributed by atoms with Gasteiger partial charge in [0.2, 0.25) is 0 Å². The van der Waals surface area contributed by atoms with Gasteiger partial charge >= 0.3 is 5.97 Å². The van der Waals surface area contributed by atoms with Crippen LogP contribution >= 0.6 is 0 Å². The third-order valence-electron chi connectivity index (χ3n) is 5.75. The molecule has 0 aromatic heterocycles. The highest BCUT2D eigenvalue weighted by Gasteiger charge is 2.68. The van der Waals surface area contributed by atoms with E-state index in [1.54, 1.807) is 12.1 Å². The Morgan fingerprint density at radius 3 is 2.40 bits per heavy atom. The molecule has 2 bridgehead atoms. The van der Waals surface area contributed by atoms with Crippen molar-refractivity contribution >= 4 is 11.8 Å². The number of rotatable bonds is 2. The summed E-state index contributed by atoms with van der Waals surface area (Å²) < 4.78 is 5.40. The normalized spacial score (nSPS) is 34.2. The molecule has 0 amide bonds. The summed E-state index contributed by atoms with van der Waals surface area (Å²) in [6.07, 6.45) is 1.82. The van der Waals surface area contributed by atoms with Gasteiger partial charge in [0, 0.05) is 5.41 Å². The van der Waals surface area contributed by atoms with Crippen molar-refractivity contribution in [3.05, 3.63) is 30.3 Å².